The van der Waals surface area contributed by atoms with Crippen molar-refractivity contribution in [3.05, 3.63) is 38.9 Å². The van der Waals surface area contributed by atoms with Gasteiger partial charge in [-0.25, -0.2) is 0 Å². The molecule has 1 unspecified atom stereocenters. The number of hydrogen-bond acceptors (Lipinski definition) is 4. The first kappa shape index (κ1) is 15.4. The van der Waals surface area contributed by atoms with Crippen molar-refractivity contribution in [2.45, 2.75) is 32.2 Å². The van der Waals surface area contributed by atoms with E-state index in [1.807, 2.05) is 0 Å². The number of nitro groups is 1. The molecule has 1 atom stereocenters. The Hall–Kier alpha value is -1.95. The Morgan fingerprint density at radius 3 is 2.81 bits per heavy atom. The van der Waals surface area contributed by atoms with Crippen molar-refractivity contribution in [3.8, 4) is 0 Å². The molecule has 7 heteroatoms. The molecule has 1 aliphatic rings. The Morgan fingerprint density at radius 1 is 1.48 bits per heavy atom. The summed E-state index contributed by atoms with van der Waals surface area (Å²) in [6, 6.07) is 3.82. The number of halogens is 1. The first-order valence-electron chi connectivity index (χ1n) is 6.64. The molecule has 0 aliphatic carbocycles. The predicted octanol–water partition coefficient (Wildman–Crippen LogP) is 2.83. The lowest BCUT2D eigenvalue weighted by Crippen LogP contribution is -2.36. The summed E-state index contributed by atoms with van der Waals surface area (Å²) in [7, 11) is 0. The van der Waals surface area contributed by atoms with Crippen molar-refractivity contribution >= 4 is 29.0 Å². The van der Waals surface area contributed by atoms with Crippen LogP contribution in [-0.4, -0.2) is 34.1 Å². The maximum absolute atomic E-state index is 12.5. The van der Waals surface area contributed by atoms with Crippen LogP contribution < -0.4 is 0 Å². The highest BCUT2D eigenvalue weighted by molar-refractivity contribution is 6.31. The van der Waals surface area contributed by atoms with Gasteiger partial charge in [-0.2, -0.15) is 0 Å². The predicted molar refractivity (Wildman–Crippen MR) is 77.5 cm³/mol. The van der Waals surface area contributed by atoms with Crippen molar-refractivity contribution in [1.29, 1.82) is 0 Å². The van der Waals surface area contributed by atoms with Crippen molar-refractivity contribution < 1.29 is 14.5 Å². The molecule has 0 bridgehead atoms. The maximum atomic E-state index is 12.5. The summed E-state index contributed by atoms with van der Waals surface area (Å²) in [5.74, 6) is -0.410. The minimum atomic E-state index is -0.616. The fourth-order valence-electron chi connectivity index (χ4n) is 2.64. The van der Waals surface area contributed by atoms with Gasteiger partial charge in [0.05, 0.1) is 4.92 Å². The summed E-state index contributed by atoms with van der Waals surface area (Å²) in [4.78, 5) is 35.8. The number of nitrogens with zero attached hydrogens (tertiary/aromatic N) is 2. The quantitative estimate of drug-likeness (QED) is 0.632. The van der Waals surface area contributed by atoms with E-state index in [2.05, 4.69) is 0 Å². The van der Waals surface area contributed by atoms with Crippen LogP contribution in [0.2, 0.25) is 5.02 Å². The summed E-state index contributed by atoms with van der Waals surface area (Å²) >= 11 is 5.75. The van der Waals surface area contributed by atoms with Crippen LogP contribution in [0.4, 0.5) is 5.69 Å². The molecule has 21 heavy (non-hydrogen) atoms. The van der Waals surface area contributed by atoms with Crippen LogP contribution in [0.3, 0.4) is 0 Å². The topological polar surface area (TPSA) is 80.5 Å². The number of benzene rings is 1. The third-order valence-corrected chi connectivity index (χ3v) is 3.78. The van der Waals surface area contributed by atoms with Gasteiger partial charge in [0.25, 0.3) is 11.6 Å². The molecule has 0 radical (unpaired) electrons. The molecule has 0 N–H and O–H groups in total. The summed E-state index contributed by atoms with van der Waals surface area (Å²) in [6.45, 7) is 1.99. The lowest BCUT2D eigenvalue weighted by atomic mass is 10.1. The highest BCUT2D eigenvalue weighted by Gasteiger charge is 2.33. The van der Waals surface area contributed by atoms with E-state index >= 15 is 0 Å². The fraction of sp³-hybridized carbons (Fsp3) is 0.429. The normalized spacial score (nSPS) is 17.8. The van der Waals surface area contributed by atoms with E-state index in [4.69, 9.17) is 11.6 Å². The monoisotopic (exact) mass is 310 g/mol. The summed E-state index contributed by atoms with van der Waals surface area (Å²) < 4.78 is 0. The lowest BCUT2D eigenvalue weighted by molar-refractivity contribution is -0.385. The highest BCUT2D eigenvalue weighted by Crippen LogP contribution is 2.28. The number of ketones is 1. The van der Waals surface area contributed by atoms with Gasteiger partial charge in [0, 0.05) is 30.1 Å². The molecule has 0 spiro atoms. The SMILES string of the molecule is CC(=O)CC1CCCN1C(=O)c1ccc(Cl)cc1[N+](=O)[O-]. The van der Waals surface area contributed by atoms with Crippen molar-refractivity contribution in [2.75, 3.05) is 6.54 Å². The second-order valence-electron chi connectivity index (χ2n) is 5.12. The van der Waals surface area contributed by atoms with Gasteiger partial charge in [-0.05, 0) is 31.9 Å². The van der Waals surface area contributed by atoms with Crippen molar-refractivity contribution in [1.82, 2.24) is 4.90 Å². The Labute approximate surface area is 126 Å². The van der Waals surface area contributed by atoms with Gasteiger partial charge in [0.2, 0.25) is 0 Å². The molecular formula is C14H15ClN2O4. The first-order valence-corrected chi connectivity index (χ1v) is 7.02. The Kier molecular flexibility index (Phi) is 4.57. The summed E-state index contributed by atoms with van der Waals surface area (Å²) in [6.07, 6.45) is 1.82. The summed E-state index contributed by atoms with van der Waals surface area (Å²) in [5, 5.41) is 11.3. The number of nitro benzene ring substituents is 1. The van der Waals surface area contributed by atoms with Gasteiger partial charge in [-0.3, -0.25) is 19.7 Å². The van der Waals surface area contributed by atoms with Crippen LogP contribution in [-0.2, 0) is 4.79 Å². The van der Waals surface area contributed by atoms with Crippen LogP contribution in [0.15, 0.2) is 18.2 Å². The van der Waals surface area contributed by atoms with Crippen molar-refractivity contribution in [2.24, 2.45) is 0 Å². The summed E-state index contributed by atoms with van der Waals surface area (Å²) in [5.41, 5.74) is -0.291. The molecule has 0 saturated carbocycles. The van der Waals surface area contributed by atoms with E-state index in [1.54, 1.807) is 4.90 Å². The number of hydrogen-bond donors (Lipinski definition) is 0. The molecule has 1 saturated heterocycles. The van der Waals surface area contributed by atoms with Crippen LogP contribution >= 0.6 is 11.6 Å². The second kappa shape index (κ2) is 6.22. The van der Waals surface area contributed by atoms with Crippen molar-refractivity contribution in [3.63, 3.8) is 0 Å². The number of rotatable bonds is 4. The van der Waals surface area contributed by atoms with Gasteiger partial charge in [0.1, 0.15) is 11.3 Å². The minimum Gasteiger partial charge on any atom is -0.335 e. The zero-order chi connectivity index (χ0) is 15.6. The average Bonchev–Trinajstić information content (AvgIpc) is 2.85. The minimum absolute atomic E-state index is 0.00491. The van der Waals surface area contributed by atoms with Gasteiger partial charge in [-0.1, -0.05) is 11.6 Å². The molecule has 112 valence electrons. The molecule has 0 aromatic heterocycles. The molecule has 1 aromatic carbocycles. The molecule has 2 rings (SSSR count). The van der Waals surface area contributed by atoms with E-state index in [0.29, 0.717) is 6.54 Å². The fourth-order valence-corrected chi connectivity index (χ4v) is 2.80. The Morgan fingerprint density at radius 2 is 2.19 bits per heavy atom. The second-order valence-corrected chi connectivity index (χ2v) is 5.56. The smallest absolute Gasteiger partial charge is 0.283 e. The van der Waals surface area contributed by atoms with E-state index in [-0.39, 0.29) is 34.5 Å². The molecule has 1 heterocycles. The number of carbonyl (C=O) groups is 2. The van der Waals surface area contributed by atoms with Crippen LogP contribution in [0, 0.1) is 10.1 Å². The Balaban J connectivity index is 2.31. The maximum Gasteiger partial charge on any atom is 0.283 e. The standard InChI is InChI=1S/C14H15ClN2O4/c1-9(18)7-11-3-2-6-16(11)14(19)12-5-4-10(15)8-13(12)17(20)21/h4-5,8,11H,2-3,6-7H2,1H3. The third kappa shape index (κ3) is 3.39. The molecule has 6 nitrogen and oxygen atoms in total. The van der Waals surface area contributed by atoms with Gasteiger partial charge < -0.3 is 4.90 Å². The molecule has 1 fully saturated rings. The zero-order valence-electron chi connectivity index (χ0n) is 11.5. The molecule has 1 amide bonds. The van der Waals surface area contributed by atoms with E-state index in [9.17, 15) is 19.7 Å². The van der Waals surface area contributed by atoms with Crippen LogP contribution in [0.5, 0.6) is 0 Å². The zero-order valence-corrected chi connectivity index (χ0v) is 12.3. The van der Waals surface area contributed by atoms with E-state index in [0.717, 1.165) is 12.8 Å². The van der Waals surface area contributed by atoms with Gasteiger partial charge >= 0.3 is 0 Å². The lowest BCUT2D eigenvalue weighted by Gasteiger charge is -2.23. The largest absolute Gasteiger partial charge is 0.335 e. The number of likely N-dealkylation sites (tertiary alicyclic amines) is 1. The molecule has 1 aromatic rings. The van der Waals surface area contributed by atoms with Gasteiger partial charge in [-0.15, -0.1) is 0 Å². The number of Topliss-reactive ketones (excluding diaryl/α,β-unsaturated/α-hetero) is 1. The molecular weight excluding hydrogens is 296 g/mol. The Bertz CT molecular complexity index is 603. The van der Waals surface area contributed by atoms with Crippen LogP contribution in [0.1, 0.15) is 36.5 Å². The van der Waals surface area contributed by atoms with Gasteiger partial charge in [0.15, 0.2) is 0 Å². The van der Waals surface area contributed by atoms with E-state index < -0.39 is 10.8 Å². The van der Waals surface area contributed by atoms with E-state index in [1.165, 1.54) is 25.1 Å². The first-order chi connectivity index (χ1) is 9.90. The third-order valence-electron chi connectivity index (χ3n) is 3.55. The molecule has 1 aliphatic heterocycles. The van der Waals surface area contributed by atoms with Crippen LogP contribution in [0.25, 0.3) is 0 Å². The highest BCUT2D eigenvalue weighted by atomic mass is 35.5. The number of amides is 1. The average molecular weight is 311 g/mol. The number of carbonyl (C=O) groups excluding carboxylic acids is 2.